The van der Waals surface area contributed by atoms with Gasteiger partial charge in [0, 0.05) is 34.8 Å². The normalized spacial score (nSPS) is 12.4. The van der Waals surface area contributed by atoms with E-state index in [0.29, 0.717) is 12.5 Å². The van der Waals surface area contributed by atoms with E-state index in [1.165, 1.54) is 32.2 Å². The number of rotatable bonds is 10. The molecule has 0 aliphatic rings. The molecule has 0 bridgehead atoms. The van der Waals surface area contributed by atoms with E-state index in [2.05, 4.69) is 25.8 Å². The van der Waals surface area contributed by atoms with Crippen molar-refractivity contribution in [3.8, 4) is 22.6 Å². The molecule has 0 unspecified atom stereocenters. The Morgan fingerprint density at radius 3 is 2.40 bits per heavy atom. The van der Waals surface area contributed by atoms with Gasteiger partial charge >= 0.3 is 6.18 Å². The fourth-order valence-electron chi connectivity index (χ4n) is 4.71. The van der Waals surface area contributed by atoms with Crippen LogP contribution in [-0.2, 0) is 27.4 Å². The Balaban J connectivity index is 1.55. The van der Waals surface area contributed by atoms with Crippen LogP contribution in [0.25, 0.3) is 16.8 Å². The molecule has 15 nitrogen and oxygen atoms in total. The number of anilines is 1. The van der Waals surface area contributed by atoms with Crippen LogP contribution >= 0.6 is 11.6 Å². The van der Waals surface area contributed by atoms with Gasteiger partial charge in [-0.25, -0.2) is 22.2 Å². The number of carbonyl (C=O) groups excluding carboxylic acids is 2. The summed E-state index contributed by atoms with van der Waals surface area (Å²) in [5, 5.41) is 16.9. The first-order valence-corrected chi connectivity index (χ1v) is 16.2. The minimum Gasteiger partial charge on any atom is -0.495 e. The smallest absolute Gasteiger partial charge is 0.436 e. The summed E-state index contributed by atoms with van der Waals surface area (Å²) in [6, 6.07) is 6.57. The van der Waals surface area contributed by atoms with Gasteiger partial charge in [-0.2, -0.15) is 13.2 Å². The van der Waals surface area contributed by atoms with Crippen molar-refractivity contribution in [3.63, 3.8) is 0 Å². The van der Waals surface area contributed by atoms with Crippen molar-refractivity contribution >= 4 is 39.1 Å². The van der Waals surface area contributed by atoms with Gasteiger partial charge in [0.05, 0.1) is 43.4 Å². The number of methoxy groups -OCH3 is 1. The second-order valence-corrected chi connectivity index (χ2v) is 12.7. The van der Waals surface area contributed by atoms with E-state index in [-0.39, 0.29) is 51.5 Å². The van der Waals surface area contributed by atoms with Crippen LogP contribution in [0.3, 0.4) is 0 Å². The number of nitrogens with zero attached hydrogens (tertiary/aromatic N) is 6. The molecule has 0 radical (unpaired) electrons. The Bertz CT molecular complexity index is 2290. The average molecular weight is 739 g/mol. The zero-order valence-corrected chi connectivity index (χ0v) is 27.4. The lowest BCUT2D eigenvalue weighted by molar-refractivity contribution is -0.141. The summed E-state index contributed by atoms with van der Waals surface area (Å²) in [5.74, 6) is -3.23. The van der Waals surface area contributed by atoms with Crippen LogP contribution in [0.15, 0.2) is 64.1 Å². The molecule has 0 aliphatic carbocycles. The lowest BCUT2D eigenvalue weighted by atomic mass is 10.0. The number of amides is 2. The van der Waals surface area contributed by atoms with Gasteiger partial charge in [0.25, 0.3) is 11.5 Å². The first-order valence-electron chi connectivity index (χ1n) is 13.9. The number of halogens is 5. The second-order valence-electron chi connectivity index (χ2n) is 10.5. The molecule has 1 atom stereocenters. The van der Waals surface area contributed by atoms with Gasteiger partial charge in [-0.1, -0.05) is 16.8 Å². The SMILES string of the molecule is COc1cn([C@@H](Cc2nnc(C)o2)C(=O)Nc2ccc(C(=O)NS(C)(=O)=O)c(F)c2)c(=O)cc1-c1cc(Cl)ccc1-n1cc(C(F)(F)F)nn1. The third-order valence-corrected chi connectivity index (χ3v) is 7.67. The summed E-state index contributed by atoms with van der Waals surface area (Å²) in [6.45, 7) is 1.50. The van der Waals surface area contributed by atoms with Crippen LogP contribution in [0, 0.1) is 12.7 Å². The van der Waals surface area contributed by atoms with Gasteiger partial charge in [0.2, 0.25) is 27.7 Å². The van der Waals surface area contributed by atoms with Crippen molar-refractivity contribution < 1.29 is 44.7 Å². The molecule has 0 saturated heterocycles. The van der Waals surface area contributed by atoms with Gasteiger partial charge < -0.3 is 14.5 Å². The molecule has 0 saturated carbocycles. The van der Waals surface area contributed by atoms with Crippen LogP contribution < -0.4 is 20.3 Å². The molecule has 262 valence electrons. The fraction of sp³-hybridized carbons (Fsp3) is 0.207. The largest absolute Gasteiger partial charge is 0.495 e. The molecule has 0 spiro atoms. The summed E-state index contributed by atoms with van der Waals surface area (Å²) in [7, 11) is -2.75. The molecule has 3 heterocycles. The van der Waals surface area contributed by atoms with E-state index in [4.69, 9.17) is 20.8 Å². The number of nitrogens with one attached hydrogen (secondary N) is 2. The highest BCUT2D eigenvalue weighted by Gasteiger charge is 2.35. The minimum absolute atomic E-state index is 0.0314. The van der Waals surface area contributed by atoms with Gasteiger partial charge in [0.1, 0.15) is 17.6 Å². The van der Waals surface area contributed by atoms with E-state index in [0.717, 1.165) is 39.7 Å². The maximum atomic E-state index is 14.8. The maximum Gasteiger partial charge on any atom is 0.436 e. The molecule has 3 aromatic heterocycles. The second kappa shape index (κ2) is 13.7. The van der Waals surface area contributed by atoms with Crippen LogP contribution in [0.4, 0.5) is 23.2 Å². The average Bonchev–Trinajstić information content (AvgIpc) is 3.68. The standard InChI is InChI=1S/C29H23ClF4N8O7S/c1-14-36-38-25(49-14)11-22(28(45)35-16-5-6-17(20(31)9-16)27(44)39-50(3,46)47)41-12-23(48-2)19(10-26(41)43)18-8-15(30)4-7-21(18)42-13-24(37-40-42)29(32,33)34/h4-10,12-13,22H,11H2,1-3H3,(H,35,45)(H,39,44)/t22-/m0/s1. The number of hydrogen-bond acceptors (Lipinski definition) is 11. The van der Waals surface area contributed by atoms with Gasteiger partial charge in [-0.05, 0) is 36.4 Å². The number of pyridine rings is 1. The molecule has 0 fully saturated rings. The van der Waals surface area contributed by atoms with Crippen LogP contribution in [0.5, 0.6) is 5.75 Å². The van der Waals surface area contributed by atoms with E-state index in [9.17, 15) is 40.4 Å². The highest BCUT2D eigenvalue weighted by Crippen LogP contribution is 2.36. The number of alkyl halides is 3. The fourth-order valence-corrected chi connectivity index (χ4v) is 5.33. The van der Waals surface area contributed by atoms with Crippen molar-refractivity contribution in [2.45, 2.75) is 25.6 Å². The van der Waals surface area contributed by atoms with Crippen molar-refractivity contribution in [1.82, 2.24) is 34.5 Å². The summed E-state index contributed by atoms with van der Waals surface area (Å²) in [6.07, 6.45) is -2.60. The summed E-state index contributed by atoms with van der Waals surface area (Å²) in [5.41, 5.74) is -2.62. The lowest BCUT2D eigenvalue weighted by Crippen LogP contribution is -2.34. The number of ether oxygens (including phenoxy) is 1. The van der Waals surface area contributed by atoms with E-state index in [1.54, 1.807) is 4.72 Å². The molecule has 5 aromatic rings. The first-order chi connectivity index (χ1) is 23.4. The van der Waals surface area contributed by atoms with Crippen LogP contribution in [-0.4, -0.2) is 63.4 Å². The summed E-state index contributed by atoms with van der Waals surface area (Å²) >= 11 is 6.22. The van der Waals surface area contributed by atoms with E-state index < -0.39 is 56.7 Å². The predicted molar refractivity (Wildman–Crippen MR) is 167 cm³/mol. The highest BCUT2D eigenvalue weighted by atomic mass is 35.5. The van der Waals surface area contributed by atoms with E-state index in [1.807, 2.05) is 0 Å². The zero-order valence-electron chi connectivity index (χ0n) is 25.8. The Morgan fingerprint density at radius 1 is 1.06 bits per heavy atom. The molecule has 21 heteroatoms. The van der Waals surface area contributed by atoms with Crippen LogP contribution in [0.2, 0.25) is 5.02 Å². The molecule has 2 aromatic carbocycles. The first kappa shape index (κ1) is 35.7. The van der Waals surface area contributed by atoms with Gasteiger partial charge in [0.15, 0.2) is 5.69 Å². The number of aromatic nitrogens is 6. The summed E-state index contributed by atoms with van der Waals surface area (Å²) in [4.78, 5) is 39.6. The van der Waals surface area contributed by atoms with Crippen molar-refractivity contribution in [1.29, 1.82) is 0 Å². The molecule has 0 aliphatic heterocycles. The Kier molecular flexibility index (Phi) is 9.78. The molecule has 2 N–H and O–H groups in total. The number of benzene rings is 2. The Hall–Kier alpha value is -5.63. The summed E-state index contributed by atoms with van der Waals surface area (Å²) < 4.78 is 91.8. The topological polar surface area (TPSA) is 193 Å². The number of hydrogen-bond donors (Lipinski definition) is 2. The van der Waals surface area contributed by atoms with Crippen molar-refractivity contribution in [2.75, 3.05) is 18.7 Å². The highest BCUT2D eigenvalue weighted by molar-refractivity contribution is 7.89. The molecular weight excluding hydrogens is 716 g/mol. The Labute approximate surface area is 283 Å². The Morgan fingerprint density at radius 2 is 1.80 bits per heavy atom. The van der Waals surface area contributed by atoms with Gasteiger partial charge in [-0.3, -0.25) is 19.0 Å². The molecule has 2 amide bonds. The van der Waals surface area contributed by atoms with Crippen molar-refractivity contribution in [3.05, 3.63) is 99.1 Å². The predicted octanol–water partition coefficient (Wildman–Crippen LogP) is 3.72. The third kappa shape index (κ3) is 7.97. The van der Waals surface area contributed by atoms with E-state index >= 15 is 0 Å². The third-order valence-electron chi connectivity index (χ3n) is 6.88. The van der Waals surface area contributed by atoms with Gasteiger partial charge in [-0.15, -0.1) is 15.3 Å². The minimum atomic E-state index is -4.78. The molecular formula is C29H23ClF4N8O7S. The number of sulfonamides is 1. The number of carbonyl (C=O) groups is 2. The molecule has 5 rings (SSSR count). The van der Waals surface area contributed by atoms with Crippen molar-refractivity contribution in [2.24, 2.45) is 0 Å². The monoisotopic (exact) mass is 738 g/mol. The lowest BCUT2D eigenvalue weighted by Gasteiger charge is -2.21. The number of aryl methyl sites for hydroxylation is 1. The quantitative estimate of drug-likeness (QED) is 0.198. The molecule has 50 heavy (non-hydrogen) atoms. The zero-order chi connectivity index (χ0) is 36.5. The van der Waals surface area contributed by atoms with Crippen LogP contribution in [0.1, 0.15) is 33.9 Å². The maximum absolute atomic E-state index is 14.8.